The Balaban J connectivity index is 1.00. The summed E-state index contributed by atoms with van der Waals surface area (Å²) in [6.45, 7) is 0. The van der Waals surface area contributed by atoms with Gasteiger partial charge >= 0.3 is 0 Å². The maximum Gasteiger partial charge on any atom is 0.170 e. The molecule has 0 atom stereocenters. The second-order valence-corrected chi connectivity index (χ2v) is 17.5. The molecular weight excluding hydrogens is 929 g/mol. The molecule has 0 fully saturated rings. The Bertz CT molecular complexity index is 3510. The van der Waals surface area contributed by atoms with Gasteiger partial charge < -0.3 is 22.9 Å². The molecule has 38 rings (SSSR count). The van der Waals surface area contributed by atoms with Crippen LogP contribution in [-0.2, 0) is 0 Å². The second-order valence-electron chi connectivity index (χ2n) is 17.5. The molecule has 0 aromatic heterocycles. The lowest BCUT2D eigenvalue weighted by molar-refractivity contribution is 0.463. The smallest absolute Gasteiger partial charge is 0.170 e. The third kappa shape index (κ3) is 7.46. The van der Waals surface area contributed by atoms with Crippen LogP contribution in [0, 0.1) is 46.5 Å². The van der Waals surface area contributed by atoms with Gasteiger partial charge in [-0.1, -0.05) is 146 Å². The summed E-state index contributed by atoms with van der Waals surface area (Å²) < 4.78 is 127. The number of nitrogens with two attached hydrogens (primary N) is 4. The molecule has 0 heterocycles. The van der Waals surface area contributed by atoms with Crippen molar-refractivity contribution in [1.29, 1.82) is 0 Å². The highest BCUT2D eigenvalue weighted by Gasteiger charge is 2.29. The highest BCUT2D eigenvalue weighted by atomic mass is 19.2. The van der Waals surface area contributed by atoms with Gasteiger partial charge in [0, 0.05) is 45.0 Å². The van der Waals surface area contributed by atoms with Gasteiger partial charge in [-0.15, -0.1) is 0 Å². The third-order valence-electron chi connectivity index (χ3n) is 13.3. The van der Waals surface area contributed by atoms with Crippen molar-refractivity contribution in [3.8, 4) is 111 Å². The Morgan fingerprint density at radius 3 is 0.458 bits per heavy atom. The van der Waals surface area contributed by atoms with Gasteiger partial charge in [-0.25, -0.2) is 35.1 Å². The standard InChI is InChI=1S/C60H36F8N4/c61-53-49-37-17-5-31(6-18-37)29-1-9-33(10-2-29)41-25-47(71)43(27-45(41)69)35-13-21-39(22-14-35)52-59(67)55(63)50(56(64)60(52)68)38-19-7-32(8-20-38)30-3-11-34(12-4-30)42-26-48(72)44(28-46(42)70)36-15-23-40(24-16-36)51(57(53)65)58(66)54(49)62/h1-28H,69-72H2. The molecule has 12 heteroatoms. The minimum absolute atomic E-state index is 0.0874. The summed E-state index contributed by atoms with van der Waals surface area (Å²) in [5, 5.41) is 0. The van der Waals surface area contributed by atoms with Gasteiger partial charge in [-0.2, -0.15) is 0 Å². The minimum atomic E-state index is -1.56. The Hall–Kier alpha value is -9.16. The molecule has 0 amide bonds. The number of nitrogen functional groups attached to an aromatic ring is 4. The molecule has 20 bridgehead atoms. The van der Waals surface area contributed by atoms with Gasteiger partial charge in [0.05, 0.1) is 22.3 Å². The fraction of sp³-hybridized carbons (Fsp3) is 0. The molecule has 0 saturated carbocycles. The van der Waals surface area contributed by atoms with E-state index in [-0.39, 0.29) is 22.3 Å². The van der Waals surface area contributed by atoms with Gasteiger partial charge in [0.2, 0.25) is 0 Å². The quantitative estimate of drug-likeness (QED) is 0.0690. The van der Waals surface area contributed by atoms with Crippen LogP contribution in [0.5, 0.6) is 0 Å². The predicted octanol–water partition coefficient (Wildman–Crippen LogP) is 16.1. The molecule has 28 aliphatic rings. The van der Waals surface area contributed by atoms with Gasteiger partial charge in [0.15, 0.2) is 46.5 Å². The minimum Gasteiger partial charge on any atom is -0.398 e. The zero-order valence-electron chi connectivity index (χ0n) is 37.5. The highest BCUT2D eigenvalue weighted by Crippen LogP contribution is 2.43. The number of hydrogen-bond acceptors (Lipinski definition) is 4. The first-order valence-corrected chi connectivity index (χ1v) is 22.4. The van der Waals surface area contributed by atoms with Crippen LogP contribution in [0.4, 0.5) is 57.9 Å². The molecular formula is C60H36F8N4. The van der Waals surface area contributed by atoms with Crippen LogP contribution in [0.15, 0.2) is 170 Å². The Kier molecular flexibility index (Phi) is 10.9. The van der Waals surface area contributed by atoms with Crippen molar-refractivity contribution < 1.29 is 35.1 Å². The van der Waals surface area contributed by atoms with Crippen LogP contribution < -0.4 is 22.9 Å². The van der Waals surface area contributed by atoms with Crippen molar-refractivity contribution >= 4 is 22.7 Å². The molecule has 28 aliphatic carbocycles. The Morgan fingerprint density at radius 1 is 0.181 bits per heavy atom. The molecule has 0 radical (unpaired) electrons. The highest BCUT2D eigenvalue weighted by molar-refractivity contribution is 5.92. The van der Waals surface area contributed by atoms with Crippen molar-refractivity contribution in [2.45, 2.75) is 0 Å². The van der Waals surface area contributed by atoms with Crippen LogP contribution in [0.2, 0.25) is 0 Å². The maximum absolute atomic E-state index is 15.9. The zero-order valence-corrected chi connectivity index (χ0v) is 37.5. The first-order valence-electron chi connectivity index (χ1n) is 22.4. The van der Waals surface area contributed by atoms with E-state index in [1.54, 1.807) is 97.1 Å². The summed E-state index contributed by atoms with van der Waals surface area (Å²) in [4.78, 5) is 0. The van der Waals surface area contributed by atoms with Crippen molar-refractivity contribution in [1.82, 2.24) is 0 Å². The van der Waals surface area contributed by atoms with Crippen LogP contribution in [0.3, 0.4) is 0 Å². The van der Waals surface area contributed by atoms with E-state index in [0.29, 0.717) is 89.5 Å². The van der Waals surface area contributed by atoms with E-state index < -0.39 is 68.8 Å². The predicted molar refractivity (Wildman–Crippen MR) is 272 cm³/mol. The third-order valence-corrected chi connectivity index (χ3v) is 13.3. The summed E-state index contributed by atoms with van der Waals surface area (Å²) in [5.41, 5.74) is 30.8. The van der Waals surface area contributed by atoms with Crippen molar-refractivity contribution in [2.24, 2.45) is 0 Å². The molecule has 352 valence electrons. The fourth-order valence-corrected chi connectivity index (χ4v) is 9.52. The Morgan fingerprint density at radius 2 is 0.306 bits per heavy atom. The topological polar surface area (TPSA) is 104 Å². The summed E-state index contributed by atoms with van der Waals surface area (Å²) in [5.74, 6) is -12.4. The van der Waals surface area contributed by atoms with E-state index in [2.05, 4.69) is 0 Å². The maximum atomic E-state index is 15.9. The van der Waals surface area contributed by atoms with Crippen molar-refractivity contribution in [3.63, 3.8) is 0 Å². The first kappa shape index (κ1) is 45.3. The van der Waals surface area contributed by atoms with Crippen molar-refractivity contribution in [3.05, 3.63) is 216 Å². The van der Waals surface area contributed by atoms with Crippen LogP contribution in [0.25, 0.3) is 111 Å². The summed E-state index contributed by atoms with van der Waals surface area (Å²) in [6, 6.07) is 44.0. The molecule has 10 aromatic carbocycles. The first-order chi connectivity index (χ1) is 34.7. The van der Waals surface area contributed by atoms with E-state index in [1.165, 1.54) is 72.8 Å². The molecule has 0 unspecified atom stereocenters. The number of benzene rings is 10. The average molecular weight is 965 g/mol. The molecule has 10 aromatic rings. The van der Waals surface area contributed by atoms with E-state index in [4.69, 9.17) is 22.9 Å². The van der Waals surface area contributed by atoms with Gasteiger partial charge in [-0.05, 0) is 91.0 Å². The molecule has 8 N–H and O–H groups in total. The molecule has 4 nitrogen and oxygen atoms in total. The monoisotopic (exact) mass is 964 g/mol. The zero-order chi connectivity index (χ0) is 50.3. The van der Waals surface area contributed by atoms with E-state index in [0.717, 1.165) is 0 Å². The largest absolute Gasteiger partial charge is 0.398 e. The lowest BCUT2D eigenvalue weighted by Gasteiger charge is -2.15. The van der Waals surface area contributed by atoms with Gasteiger partial charge in [0.1, 0.15) is 0 Å². The lowest BCUT2D eigenvalue weighted by Crippen LogP contribution is -2.03. The normalized spacial score (nSPS) is 11.6. The summed E-state index contributed by atoms with van der Waals surface area (Å²) >= 11 is 0. The summed E-state index contributed by atoms with van der Waals surface area (Å²) in [7, 11) is 0. The van der Waals surface area contributed by atoms with Gasteiger partial charge in [0.25, 0.3) is 0 Å². The molecule has 0 aliphatic heterocycles. The number of anilines is 4. The molecule has 72 heavy (non-hydrogen) atoms. The average Bonchev–Trinajstić information content (AvgIpc) is 3.39. The van der Waals surface area contributed by atoms with E-state index in [9.17, 15) is 0 Å². The fourth-order valence-electron chi connectivity index (χ4n) is 9.52. The SMILES string of the molecule is Nc1cc2c(N)cc1-c1ccc(cc1)-c1ccc(cc1)-c1c(F)c(F)c(c(F)c1F)-c1ccc(cc1)-c1cc(N)c(cc1N)-c1ccc(cc1)-c1ccc(cc1)-c1c(F)c(F)c(c(F)c1F)-c1ccc-2cc1. The van der Waals surface area contributed by atoms with Gasteiger partial charge in [-0.3, -0.25) is 0 Å². The second kappa shape index (κ2) is 17.4. The van der Waals surface area contributed by atoms with E-state index in [1.807, 2.05) is 0 Å². The van der Waals surface area contributed by atoms with Crippen LogP contribution >= 0.6 is 0 Å². The van der Waals surface area contributed by atoms with E-state index >= 15 is 35.1 Å². The van der Waals surface area contributed by atoms with Crippen LogP contribution in [-0.4, -0.2) is 0 Å². The number of rotatable bonds is 0. The number of halogens is 8. The van der Waals surface area contributed by atoms with Crippen molar-refractivity contribution in [2.75, 3.05) is 22.9 Å². The lowest BCUT2D eigenvalue weighted by atomic mass is 9.92. The number of hydrogen-bond donors (Lipinski definition) is 4. The molecule has 0 spiro atoms. The molecule has 0 saturated heterocycles. The summed E-state index contributed by atoms with van der Waals surface area (Å²) in [6.07, 6.45) is 0. The Labute approximate surface area is 407 Å². The van der Waals surface area contributed by atoms with Crippen LogP contribution in [0.1, 0.15) is 0 Å².